The van der Waals surface area contributed by atoms with Gasteiger partial charge in [0.2, 0.25) is 0 Å². The van der Waals surface area contributed by atoms with Crippen LogP contribution in [0.3, 0.4) is 0 Å². The van der Waals surface area contributed by atoms with Gasteiger partial charge in [-0.15, -0.1) is 0 Å². The van der Waals surface area contributed by atoms with Gasteiger partial charge in [0.05, 0.1) is 17.1 Å². The van der Waals surface area contributed by atoms with Crippen molar-refractivity contribution in [1.29, 1.82) is 0 Å². The molecule has 4 nitrogen and oxygen atoms in total. The molecule has 0 atom stereocenters. The summed E-state index contributed by atoms with van der Waals surface area (Å²) in [5, 5.41) is 9.82. The molecule has 90 valence electrons. The van der Waals surface area contributed by atoms with E-state index >= 15 is 0 Å². The van der Waals surface area contributed by atoms with Crippen molar-refractivity contribution in [1.82, 2.24) is 0 Å². The van der Waals surface area contributed by atoms with Crippen LogP contribution in [-0.4, -0.2) is 17.2 Å². The van der Waals surface area contributed by atoms with E-state index in [-0.39, 0.29) is 11.7 Å². The summed E-state index contributed by atoms with van der Waals surface area (Å²) in [5.74, 6) is 0.289. The van der Waals surface area contributed by atoms with Crippen molar-refractivity contribution in [3.8, 4) is 5.75 Å². The zero-order valence-corrected chi connectivity index (χ0v) is 9.98. The molecule has 1 N–H and O–H groups in total. The van der Waals surface area contributed by atoms with E-state index in [9.17, 15) is 4.79 Å². The summed E-state index contributed by atoms with van der Waals surface area (Å²) in [5.41, 5.74) is 0.709. The predicted octanol–water partition coefficient (Wildman–Crippen LogP) is 3.23. The summed E-state index contributed by atoms with van der Waals surface area (Å²) < 4.78 is 11.0. The van der Waals surface area contributed by atoms with Crippen LogP contribution in [0.15, 0.2) is 22.6 Å². The van der Waals surface area contributed by atoms with E-state index < -0.39 is 5.97 Å². The first-order valence-electron chi connectivity index (χ1n) is 5.41. The maximum Gasteiger partial charge on any atom is 0.335 e. The van der Waals surface area contributed by atoms with Gasteiger partial charge in [-0.25, -0.2) is 4.79 Å². The Morgan fingerprint density at radius 3 is 2.65 bits per heavy atom. The monoisotopic (exact) mass is 234 g/mol. The fourth-order valence-corrected chi connectivity index (χ4v) is 1.71. The van der Waals surface area contributed by atoms with Crippen LogP contribution in [0, 0.1) is 6.92 Å². The van der Waals surface area contributed by atoms with E-state index in [0.717, 1.165) is 11.1 Å². The highest BCUT2D eigenvalue weighted by molar-refractivity contribution is 5.95. The standard InChI is InChI=1S/C13H14O4/c1-7(2)16-11-5-9(13(14)15)6-12-10(11)4-8(3)17-12/h4-7H,1-3H3,(H,14,15). The van der Waals surface area contributed by atoms with Crippen molar-refractivity contribution in [2.45, 2.75) is 26.9 Å². The number of aromatic carboxylic acids is 1. The van der Waals surface area contributed by atoms with Gasteiger partial charge in [-0.2, -0.15) is 0 Å². The number of hydrogen-bond acceptors (Lipinski definition) is 3. The van der Waals surface area contributed by atoms with Crippen LogP contribution in [0.2, 0.25) is 0 Å². The molecule has 0 spiro atoms. The minimum absolute atomic E-state index is 0.0162. The molecule has 1 aromatic heterocycles. The average Bonchev–Trinajstić information content (AvgIpc) is 2.57. The van der Waals surface area contributed by atoms with Gasteiger partial charge in [0.25, 0.3) is 0 Å². The molecule has 0 amide bonds. The quantitative estimate of drug-likeness (QED) is 0.885. The van der Waals surface area contributed by atoms with Crippen LogP contribution >= 0.6 is 0 Å². The van der Waals surface area contributed by atoms with Crippen LogP contribution in [0.1, 0.15) is 30.0 Å². The fraction of sp³-hybridized carbons (Fsp3) is 0.308. The van der Waals surface area contributed by atoms with Gasteiger partial charge in [0, 0.05) is 0 Å². The Hall–Kier alpha value is -1.97. The van der Waals surface area contributed by atoms with Gasteiger partial charge >= 0.3 is 5.97 Å². The van der Waals surface area contributed by atoms with Gasteiger partial charge in [-0.05, 0) is 39.0 Å². The first-order valence-corrected chi connectivity index (χ1v) is 5.41. The van der Waals surface area contributed by atoms with Gasteiger partial charge in [-0.3, -0.25) is 0 Å². The van der Waals surface area contributed by atoms with Crippen LogP contribution in [-0.2, 0) is 0 Å². The van der Waals surface area contributed by atoms with Crippen LogP contribution in [0.4, 0.5) is 0 Å². The SMILES string of the molecule is Cc1cc2c(OC(C)C)cc(C(=O)O)cc2o1. The highest BCUT2D eigenvalue weighted by Gasteiger charge is 2.14. The molecule has 4 heteroatoms. The van der Waals surface area contributed by atoms with Crippen molar-refractivity contribution in [2.24, 2.45) is 0 Å². The largest absolute Gasteiger partial charge is 0.490 e. The third-order valence-electron chi connectivity index (χ3n) is 2.33. The lowest BCUT2D eigenvalue weighted by Gasteiger charge is -2.11. The lowest BCUT2D eigenvalue weighted by atomic mass is 10.1. The molecular weight excluding hydrogens is 220 g/mol. The van der Waals surface area contributed by atoms with Crippen molar-refractivity contribution >= 4 is 16.9 Å². The van der Waals surface area contributed by atoms with Crippen LogP contribution in [0.5, 0.6) is 5.75 Å². The molecule has 1 aromatic carbocycles. The zero-order valence-electron chi connectivity index (χ0n) is 9.98. The van der Waals surface area contributed by atoms with E-state index in [1.807, 2.05) is 26.8 Å². The maximum absolute atomic E-state index is 11.0. The normalized spacial score (nSPS) is 11.1. The highest BCUT2D eigenvalue weighted by atomic mass is 16.5. The molecule has 1 heterocycles. The summed E-state index contributed by atoms with van der Waals surface area (Å²) in [6.07, 6.45) is -0.0162. The topological polar surface area (TPSA) is 59.7 Å². The molecule has 17 heavy (non-hydrogen) atoms. The molecular formula is C13H14O4. The first-order chi connectivity index (χ1) is 7.97. The lowest BCUT2D eigenvalue weighted by Crippen LogP contribution is -2.07. The third-order valence-corrected chi connectivity index (χ3v) is 2.33. The number of ether oxygens (including phenoxy) is 1. The molecule has 2 rings (SSSR count). The number of hydrogen-bond donors (Lipinski definition) is 1. The Morgan fingerprint density at radius 1 is 1.35 bits per heavy atom. The molecule has 2 aromatic rings. The Labute approximate surface area is 98.8 Å². The summed E-state index contributed by atoms with van der Waals surface area (Å²) >= 11 is 0. The summed E-state index contributed by atoms with van der Waals surface area (Å²) in [7, 11) is 0. The van der Waals surface area contributed by atoms with Crippen LogP contribution < -0.4 is 4.74 Å². The Kier molecular flexibility index (Phi) is 2.79. The number of carboxylic acids is 1. The highest BCUT2D eigenvalue weighted by Crippen LogP contribution is 2.31. The number of aryl methyl sites for hydroxylation is 1. The molecule has 0 radical (unpaired) electrons. The minimum atomic E-state index is -0.991. The predicted molar refractivity (Wildman–Crippen MR) is 63.7 cm³/mol. The second-order valence-electron chi connectivity index (χ2n) is 4.22. The van der Waals surface area contributed by atoms with Gasteiger partial charge in [0.15, 0.2) is 0 Å². The molecule has 0 unspecified atom stereocenters. The lowest BCUT2D eigenvalue weighted by molar-refractivity contribution is 0.0696. The second kappa shape index (κ2) is 4.13. The number of furan rings is 1. The molecule has 0 saturated carbocycles. The van der Waals surface area contributed by atoms with E-state index in [2.05, 4.69) is 0 Å². The first kappa shape index (κ1) is 11.5. The Balaban J connectivity index is 2.64. The van der Waals surface area contributed by atoms with E-state index in [1.54, 1.807) is 0 Å². The van der Waals surface area contributed by atoms with Crippen LogP contribution in [0.25, 0.3) is 11.0 Å². The van der Waals surface area contributed by atoms with Gasteiger partial charge < -0.3 is 14.3 Å². The Morgan fingerprint density at radius 2 is 2.06 bits per heavy atom. The fourth-order valence-electron chi connectivity index (χ4n) is 1.71. The molecule has 0 bridgehead atoms. The van der Waals surface area contributed by atoms with Crippen molar-refractivity contribution in [3.63, 3.8) is 0 Å². The number of fused-ring (bicyclic) bond motifs is 1. The van der Waals surface area contributed by atoms with Gasteiger partial charge in [-0.1, -0.05) is 0 Å². The molecule has 0 saturated heterocycles. The summed E-state index contributed by atoms with van der Waals surface area (Å²) in [6.45, 7) is 5.61. The Bertz CT molecular complexity index is 566. The average molecular weight is 234 g/mol. The van der Waals surface area contributed by atoms with Crippen molar-refractivity contribution in [2.75, 3.05) is 0 Å². The molecule has 0 aliphatic rings. The molecule has 0 fully saturated rings. The summed E-state index contributed by atoms with van der Waals surface area (Å²) in [6, 6.07) is 4.89. The second-order valence-corrected chi connectivity index (χ2v) is 4.22. The summed E-state index contributed by atoms with van der Waals surface area (Å²) in [4.78, 5) is 11.0. The molecule has 0 aliphatic heterocycles. The number of carboxylic acid groups (broad SMARTS) is 1. The van der Waals surface area contributed by atoms with E-state index in [1.165, 1.54) is 12.1 Å². The smallest absolute Gasteiger partial charge is 0.335 e. The third kappa shape index (κ3) is 2.25. The molecule has 0 aliphatic carbocycles. The van der Waals surface area contributed by atoms with Gasteiger partial charge in [0.1, 0.15) is 17.1 Å². The van der Waals surface area contributed by atoms with E-state index in [0.29, 0.717) is 11.3 Å². The van der Waals surface area contributed by atoms with E-state index in [4.69, 9.17) is 14.3 Å². The van der Waals surface area contributed by atoms with Crippen molar-refractivity contribution in [3.05, 3.63) is 29.5 Å². The van der Waals surface area contributed by atoms with Crippen molar-refractivity contribution < 1.29 is 19.1 Å². The number of carbonyl (C=O) groups is 1. The maximum atomic E-state index is 11.0. The number of benzene rings is 1. The minimum Gasteiger partial charge on any atom is -0.490 e. The number of rotatable bonds is 3. The zero-order chi connectivity index (χ0) is 12.6.